The van der Waals surface area contributed by atoms with Gasteiger partial charge in [0, 0.05) is 16.8 Å². The van der Waals surface area contributed by atoms with E-state index < -0.39 is 29.7 Å². The van der Waals surface area contributed by atoms with Gasteiger partial charge in [-0.15, -0.1) is 0 Å². The van der Waals surface area contributed by atoms with Gasteiger partial charge in [-0.25, -0.2) is 4.79 Å². The molecule has 0 aliphatic carbocycles. The maximum atomic E-state index is 12.9. The van der Waals surface area contributed by atoms with E-state index in [1.807, 2.05) is 24.3 Å². The molecule has 1 heterocycles. The van der Waals surface area contributed by atoms with E-state index in [0.717, 1.165) is 23.3 Å². The highest BCUT2D eigenvalue weighted by Gasteiger charge is 2.30. The average Bonchev–Trinajstić information content (AvgIpc) is 3.40. The lowest BCUT2D eigenvalue weighted by Crippen LogP contribution is -2.42. The number of alkyl halides is 3. The van der Waals surface area contributed by atoms with E-state index in [1.54, 1.807) is 48.5 Å². The molecule has 5 rings (SSSR count). The third-order valence-corrected chi connectivity index (χ3v) is 6.83. The van der Waals surface area contributed by atoms with Crippen LogP contribution in [0.3, 0.4) is 0 Å². The number of ether oxygens (including phenoxy) is 1. The molecular formula is C32H23ClF3NO5. The number of carboxylic acid groups (broad SMARTS) is 1. The zero-order chi connectivity index (χ0) is 29.9. The normalized spacial score (nSPS) is 12.2. The number of carbonyl (C=O) groups is 2. The van der Waals surface area contributed by atoms with Crippen LogP contribution >= 0.6 is 11.6 Å². The van der Waals surface area contributed by atoms with Crippen molar-refractivity contribution in [3.63, 3.8) is 0 Å². The Morgan fingerprint density at radius 1 is 0.857 bits per heavy atom. The van der Waals surface area contributed by atoms with Crippen molar-refractivity contribution >= 4 is 34.4 Å². The first kappa shape index (κ1) is 28.8. The number of carbonyl (C=O) groups excluding carboxylic acids is 1. The summed E-state index contributed by atoms with van der Waals surface area (Å²) in [5.74, 6) is -1.44. The predicted octanol–water partition coefficient (Wildman–Crippen LogP) is 7.78. The van der Waals surface area contributed by atoms with Gasteiger partial charge in [0.2, 0.25) is 0 Å². The highest BCUT2D eigenvalue weighted by Crippen LogP contribution is 2.30. The fourth-order valence-electron chi connectivity index (χ4n) is 4.31. The van der Waals surface area contributed by atoms with E-state index in [4.69, 9.17) is 20.8 Å². The van der Waals surface area contributed by atoms with Gasteiger partial charge in [0.25, 0.3) is 5.91 Å². The number of nitrogens with one attached hydrogen (secondary N) is 1. The van der Waals surface area contributed by atoms with Crippen molar-refractivity contribution in [1.82, 2.24) is 5.32 Å². The first-order valence-electron chi connectivity index (χ1n) is 12.8. The van der Waals surface area contributed by atoms with Crippen molar-refractivity contribution in [3.8, 4) is 16.9 Å². The number of carboxylic acids is 1. The molecule has 0 saturated carbocycles. The van der Waals surface area contributed by atoms with Gasteiger partial charge in [-0.05, 0) is 70.8 Å². The quantitative estimate of drug-likeness (QED) is 0.182. The van der Waals surface area contributed by atoms with Crippen molar-refractivity contribution in [2.24, 2.45) is 0 Å². The van der Waals surface area contributed by atoms with E-state index in [0.29, 0.717) is 32.9 Å². The maximum absolute atomic E-state index is 12.9. The van der Waals surface area contributed by atoms with Crippen molar-refractivity contribution in [2.75, 3.05) is 0 Å². The Labute approximate surface area is 243 Å². The second kappa shape index (κ2) is 12.0. The molecule has 5 aromatic rings. The summed E-state index contributed by atoms with van der Waals surface area (Å²) in [5.41, 5.74) is 2.72. The monoisotopic (exact) mass is 593 g/mol. The van der Waals surface area contributed by atoms with Crippen LogP contribution in [0.2, 0.25) is 5.02 Å². The number of hydrogen-bond acceptors (Lipinski definition) is 4. The van der Waals surface area contributed by atoms with Crippen LogP contribution in [0.5, 0.6) is 5.75 Å². The van der Waals surface area contributed by atoms with Crippen molar-refractivity contribution < 1.29 is 37.0 Å². The van der Waals surface area contributed by atoms with Crippen molar-refractivity contribution in [2.45, 2.75) is 25.2 Å². The summed E-state index contributed by atoms with van der Waals surface area (Å²) >= 11 is 5.97. The Hall–Kier alpha value is -4.76. The Morgan fingerprint density at radius 3 is 2.14 bits per heavy atom. The third-order valence-electron chi connectivity index (χ3n) is 6.57. The van der Waals surface area contributed by atoms with E-state index >= 15 is 0 Å². The van der Waals surface area contributed by atoms with Crippen LogP contribution < -0.4 is 10.1 Å². The molecule has 6 nitrogen and oxygen atoms in total. The molecule has 0 bridgehead atoms. The van der Waals surface area contributed by atoms with Crippen LogP contribution in [0, 0.1) is 0 Å². The molecule has 42 heavy (non-hydrogen) atoms. The smallest absolute Gasteiger partial charge is 0.416 e. The zero-order valence-corrected chi connectivity index (χ0v) is 22.6. The topological polar surface area (TPSA) is 88.8 Å². The van der Waals surface area contributed by atoms with Crippen molar-refractivity contribution in [1.29, 1.82) is 0 Å². The highest BCUT2D eigenvalue weighted by molar-refractivity contribution is 6.30. The third kappa shape index (κ3) is 6.92. The number of rotatable bonds is 9. The number of aliphatic carboxylic acids is 1. The number of furan rings is 1. The lowest BCUT2D eigenvalue weighted by molar-refractivity contribution is -0.139. The number of fused-ring (bicyclic) bond motifs is 1. The van der Waals surface area contributed by atoms with Gasteiger partial charge in [0.05, 0.1) is 5.56 Å². The molecule has 4 aromatic carbocycles. The minimum absolute atomic E-state index is 0.00119. The molecule has 2 N–H and O–H groups in total. The fraction of sp³-hybridized carbons (Fsp3) is 0.125. The lowest BCUT2D eigenvalue weighted by Gasteiger charge is -2.14. The van der Waals surface area contributed by atoms with Crippen LogP contribution in [0.1, 0.15) is 27.2 Å². The summed E-state index contributed by atoms with van der Waals surface area (Å²) in [6.07, 6.45) is -4.40. The highest BCUT2D eigenvalue weighted by atomic mass is 35.5. The summed E-state index contributed by atoms with van der Waals surface area (Å²) in [4.78, 5) is 24.8. The molecule has 10 heteroatoms. The predicted molar refractivity (Wildman–Crippen MR) is 151 cm³/mol. The first-order chi connectivity index (χ1) is 20.0. The van der Waals surface area contributed by atoms with Gasteiger partial charge in [-0.1, -0.05) is 60.1 Å². The van der Waals surface area contributed by atoms with Gasteiger partial charge >= 0.3 is 12.1 Å². The molecule has 0 unspecified atom stereocenters. The molecule has 0 spiro atoms. The first-order valence-corrected chi connectivity index (χ1v) is 13.1. The van der Waals surface area contributed by atoms with Gasteiger partial charge in [0.1, 0.15) is 24.0 Å². The molecule has 1 amide bonds. The van der Waals surface area contributed by atoms with Gasteiger partial charge in [-0.3, -0.25) is 4.79 Å². The van der Waals surface area contributed by atoms with Crippen LogP contribution in [-0.2, 0) is 24.0 Å². The molecule has 0 radical (unpaired) electrons. The zero-order valence-electron chi connectivity index (χ0n) is 21.8. The van der Waals surface area contributed by atoms with Crippen LogP contribution in [0.25, 0.3) is 22.1 Å². The van der Waals surface area contributed by atoms with E-state index in [9.17, 15) is 27.9 Å². The summed E-state index contributed by atoms with van der Waals surface area (Å²) in [6.45, 7) is 0.0595. The number of hydrogen-bond donors (Lipinski definition) is 2. The van der Waals surface area contributed by atoms with Gasteiger partial charge in [0.15, 0.2) is 5.76 Å². The largest absolute Gasteiger partial charge is 0.489 e. The van der Waals surface area contributed by atoms with E-state index in [-0.39, 0.29) is 18.8 Å². The Bertz CT molecular complexity index is 1710. The summed E-state index contributed by atoms with van der Waals surface area (Å²) in [7, 11) is 0. The molecule has 1 aromatic heterocycles. The molecule has 0 saturated heterocycles. The summed E-state index contributed by atoms with van der Waals surface area (Å²) in [6, 6.07) is 24.4. The van der Waals surface area contributed by atoms with Gasteiger partial charge < -0.3 is 19.6 Å². The standard InChI is InChI=1S/C32H23ClF3NO5/c33-25-11-7-21(8-12-25)22-5-6-23-17-29(42-28(23)16-22)30(38)37-27(31(39)40)15-19-3-13-26(14-4-19)41-18-20-1-9-24(10-2-20)32(34,35)36/h1-14,16-17,27H,15,18H2,(H,37,38)(H,39,40)/t27-/m0/s1. The molecule has 0 aliphatic rings. The number of benzene rings is 4. The minimum Gasteiger partial charge on any atom is -0.489 e. The summed E-state index contributed by atoms with van der Waals surface area (Å²) in [5, 5.41) is 13.6. The van der Waals surface area contributed by atoms with E-state index in [2.05, 4.69) is 5.32 Å². The van der Waals surface area contributed by atoms with Crippen LogP contribution in [0.15, 0.2) is 101 Å². The van der Waals surface area contributed by atoms with E-state index in [1.165, 1.54) is 12.1 Å². The van der Waals surface area contributed by atoms with Crippen LogP contribution in [-0.4, -0.2) is 23.0 Å². The van der Waals surface area contributed by atoms with Gasteiger partial charge in [-0.2, -0.15) is 13.2 Å². The fourth-order valence-corrected chi connectivity index (χ4v) is 4.43. The number of halogens is 4. The number of amides is 1. The average molecular weight is 594 g/mol. The molecular weight excluding hydrogens is 571 g/mol. The van der Waals surface area contributed by atoms with Crippen molar-refractivity contribution in [3.05, 3.63) is 125 Å². The second-order valence-electron chi connectivity index (χ2n) is 9.57. The molecule has 0 aliphatic heterocycles. The lowest BCUT2D eigenvalue weighted by atomic mass is 10.0. The Morgan fingerprint density at radius 2 is 1.50 bits per heavy atom. The Balaban J connectivity index is 1.20. The second-order valence-corrected chi connectivity index (χ2v) is 10.0. The molecule has 1 atom stereocenters. The molecule has 214 valence electrons. The maximum Gasteiger partial charge on any atom is 0.416 e. The Kier molecular flexibility index (Phi) is 8.22. The minimum atomic E-state index is -4.41. The van der Waals surface area contributed by atoms with Crippen LogP contribution in [0.4, 0.5) is 13.2 Å². The SMILES string of the molecule is O=C(N[C@@H](Cc1ccc(OCc2ccc(C(F)(F)F)cc2)cc1)C(=O)O)c1cc2ccc(-c3ccc(Cl)cc3)cc2o1. The molecule has 0 fully saturated rings. The summed E-state index contributed by atoms with van der Waals surface area (Å²) < 4.78 is 49.6.